The van der Waals surface area contributed by atoms with Crippen LogP contribution in [0.3, 0.4) is 0 Å². The Hall–Kier alpha value is -2.66. The quantitative estimate of drug-likeness (QED) is 0.662. The summed E-state index contributed by atoms with van der Waals surface area (Å²) in [6.45, 7) is 0.723. The van der Waals surface area contributed by atoms with Crippen molar-refractivity contribution in [2.75, 3.05) is 0 Å². The smallest absolute Gasteiger partial charge is 0.270 e. The fourth-order valence-electron chi connectivity index (χ4n) is 3.67. The van der Waals surface area contributed by atoms with Gasteiger partial charge in [0.2, 0.25) is 0 Å². The van der Waals surface area contributed by atoms with E-state index in [-0.39, 0.29) is 10.6 Å². The molecule has 0 saturated heterocycles. The zero-order chi connectivity index (χ0) is 17.3. The molecule has 0 aromatic heterocycles. The summed E-state index contributed by atoms with van der Waals surface area (Å²) in [6.07, 6.45) is 6.14. The van der Waals surface area contributed by atoms with E-state index in [1.54, 1.807) is 12.1 Å². The Bertz CT molecular complexity index is 832. The monoisotopic (exact) mass is 336 g/mol. The van der Waals surface area contributed by atoms with Gasteiger partial charge in [-0.25, -0.2) is 0 Å². The third-order valence-electron chi connectivity index (χ3n) is 4.98. The lowest BCUT2D eigenvalue weighted by atomic mass is 9.83. The predicted octanol–water partition coefficient (Wildman–Crippen LogP) is 4.43. The second-order valence-corrected chi connectivity index (χ2v) is 6.62. The minimum atomic E-state index is -0.503. The van der Waals surface area contributed by atoms with Gasteiger partial charge in [-0.05, 0) is 42.5 Å². The number of nitrogens with zero attached hydrogens (tertiary/aromatic N) is 1. The summed E-state index contributed by atoms with van der Waals surface area (Å²) in [5.41, 5.74) is 2.78. The number of nitro benzene ring substituents is 1. The lowest BCUT2D eigenvalue weighted by Gasteiger charge is -2.43. The molecule has 2 aromatic rings. The van der Waals surface area contributed by atoms with Crippen LogP contribution in [-0.4, -0.2) is 10.6 Å². The van der Waals surface area contributed by atoms with Crippen LogP contribution in [0, 0.1) is 10.1 Å². The maximum Gasteiger partial charge on any atom is 0.270 e. The zero-order valence-electron chi connectivity index (χ0n) is 13.9. The normalized spacial score (nSPS) is 21.5. The van der Waals surface area contributed by atoms with E-state index in [4.69, 9.17) is 4.74 Å². The van der Waals surface area contributed by atoms with Crippen molar-refractivity contribution in [3.05, 3.63) is 75.3 Å². The number of fused-ring (bicyclic) bond motifs is 2. The van der Waals surface area contributed by atoms with Crippen LogP contribution in [0.5, 0.6) is 5.75 Å². The molecule has 2 aromatic carbocycles. The van der Waals surface area contributed by atoms with Crippen molar-refractivity contribution < 1.29 is 9.66 Å². The maximum atomic E-state index is 11.0. The van der Waals surface area contributed by atoms with Crippen molar-refractivity contribution in [2.24, 2.45) is 0 Å². The highest BCUT2D eigenvalue weighted by Crippen LogP contribution is 2.43. The summed E-state index contributed by atoms with van der Waals surface area (Å²) < 4.78 is 6.38. The molecule has 1 aliphatic heterocycles. The van der Waals surface area contributed by atoms with Gasteiger partial charge in [-0.1, -0.05) is 30.3 Å². The van der Waals surface area contributed by atoms with Crippen molar-refractivity contribution in [1.29, 1.82) is 0 Å². The van der Waals surface area contributed by atoms with E-state index in [1.807, 2.05) is 18.2 Å². The van der Waals surface area contributed by atoms with Gasteiger partial charge in [-0.3, -0.25) is 15.4 Å². The molecular formula is C20H20N2O3. The van der Waals surface area contributed by atoms with Crippen LogP contribution < -0.4 is 10.1 Å². The number of nitro groups is 1. The van der Waals surface area contributed by atoms with Crippen LogP contribution in [-0.2, 0) is 6.54 Å². The maximum absolute atomic E-state index is 11.0. The Morgan fingerprint density at radius 3 is 2.80 bits per heavy atom. The number of hydrogen-bond acceptors (Lipinski definition) is 4. The van der Waals surface area contributed by atoms with Gasteiger partial charge in [0.1, 0.15) is 5.75 Å². The average Bonchev–Trinajstić information content (AvgIpc) is 2.65. The first-order chi connectivity index (χ1) is 12.2. The van der Waals surface area contributed by atoms with E-state index in [0.717, 1.165) is 37.8 Å². The number of non-ortho nitro benzene ring substituents is 1. The summed E-state index contributed by atoms with van der Waals surface area (Å²) in [4.78, 5) is 10.7. The first kappa shape index (κ1) is 15.8. The second kappa shape index (κ2) is 6.33. The van der Waals surface area contributed by atoms with Gasteiger partial charge in [0.15, 0.2) is 5.72 Å². The van der Waals surface area contributed by atoms with Gasteiger partial charge in [0, 0.05) is 30.7 Å². The Balaban J connectivity index is 1.65. The van der Waals surface area contributed by atoms with Gasteiger partial charge in [0.05, 0.1) is 4.92 Å². The lowest BCUT2D eigenvalue weighted by Crippen LogP contribution is -2.54. The van der Waals surface area contributed by atoms with E-state index in [9.17, 15) is 10.1 Å². The third kappa shape index (κ3) is 3.03. The second-order valence-electron chi connectivity index (χ2n) is 6.62. The molecule has 1 atom stereocenters. The summed E-state index contributed by atoms with van der Waals surface area (Å²) in [7, 11) is 0. The van der Waals surface area contributed by atoms with Crippen molar-refractivity contribution >= 4 is 11.8 Å². The topological polar surface area (TPSA) is 64.4 Å². The van der Waals surface area contributed by atoms with E-state index in [0.29, 0.717) is 5.75 Å². The van der Waals surface area contributed by atoms with Crippen molar-refractivity contribution in [2.45, 2.75) is 38.0 Å². The number of benzene rings is 2. The highest BCUT2D eigenvalue weighted by atomic mass is 16.6. The van der Waals surface area contributed by atoms with Crippen LogP contribution >= 0.6 is 0 Å². The number of ether oxygens (including phenoxy) is 1. The fourth-order valence-corrected chi connectivity index (χ4v) is 3.67. The first-order valence-electron chi connectivity index (χ1n) is 8.64. The molecule has 0 radical (unpaired) electrons. The molecular weight excluding hydrogens is 316 g/mol. The molecule has 25 heavy (non-hydrogen) atoms. The largest absolute Gasteiger partial charge is 0.468 e. The molecule has 1 aliphatic carbocycles. The van der Waals surface area contributed by atoms with E-state index >= 15 is 0 Å². The van der Waals surface area contributed by atoms with Gasteiger partial charge >= 0.3 is 0 Å². The first-order valence-corrected chi connectivity index (χ1v) is 8.64. The average molecular weight is 336 g/mol. The van der Waals surface area contributed by atoms with Crippen molar-refractivity contribution in [3.63, 3.8) is 0 Å². The predicted molar refractivity (Wildman–Crippen MR) is 96.2 cm³/mol. The molecule has 0 bridgehead atoms. The van der Waals surface area contributed by atoms with Crippen molar-refractivity contribution in [3.8, 4) is 5.75 Å². The number of hydrogen-bond donors (Lipinski definition) is 1. The van der Waals surface area contributed by atoms with Crippen LogP contribution in [0.2, 0.25) is 0 Å². The minimum Gasteiger partial charge on any atom is -0.468 e. The molecule has 5 nitrogen and oxygen atoms in total. The summed E-state index contributed by atoms with van der Waals surface area (Å²) in [5.74, 6) is 0.705. The molecule has 1 N–H and O–H groups in total. The molecule has 1 unspecified atom stereocenters. The highest BCUT2D eigenvalue weighted by Gasteiger charge is 2.41. The van der Waals surface area contributed by atoms with Gasteiger partial charge < -0.3 is 4.74 Å². The van der Waals surface area contributed by atoms with Gasteiger partial charge in [0.25, 0.3) is 5.69 Å². The molecule has 1 heterocycles. The zero-order valence-corrected chi connectivity index (χ0v) is 13.9. The highest BCUT2D eigenvalue weighted by molar-refractivity contribution is 5.67. The van der Waals surface area contributed by atoms with E-state index in [2.05, 4.69) is 23.5 Å². The lowest BCUT2D eigenvalue weighted by molar-refractivity contribution is -0.384. The fraction of sp³-hybridized carbons (Fsp3) is 0.300. The standard InChI is InChI=1S/C20H20N2O3/c23-22(24)18-9-10-19-16(13-18)12-17-8-4-5-11-20(17,25-19)21-14-15-6-2-1-3-7-15/h1-3,6-7,9-10,12-13,21H,4-5,8,11,14H2. The van der Waals surface area contributed by atoms with Gasteiger partial charge in [-0.2, -0.15) is 0 Å². The molecule has 1 fully saturated rings. The van der Waals surface area contributed by atoms with E-state index in [1.165, 1.54) is 17.2 Å². The Morgan fingerprint density at radius 1 is 1.16 bits per heavy atom. The molecule has 4 rings (SSSR count). The van der Waals surface area contributed by atoms with Crippen LogP contribution in [0.15, 0.2) is 54.1 Å². The Morgan fingerprint density at radius 2 is 2.00 bits per heavy atom. The van der Waals surface area contributed by atoms with E-state index < -0.39 is 5.72 Å². The summed E-state index contributed by atoms with van der Waals surface area (Å²) in [6, 6.07) is 15.1. The third-order valence-corrected chi connectivity index (χ3v) is 4.98. The van der Waals surface area contributed by atoms with Crippen LogP contribution in [0.1, 0.15) is 36.8 Å². The number of rotatable bonds is 4. The molecule has 1 saturated carbocycles. The Kier molecular flexibility index (Phi) is 4.01. The number of nitrogens with one attached hydrogen (secondary N) is 1. The molecule has 0 amide bonds. The Labute approximate surface area is 146 Å². The minimum absolute atomic E-state index is 0.0970. The summed E-state index contributed by atoms with van der Waals surface area (Å²) >= 11 is 0. The van der Waals surface area contributed by atoms with Crippen LogP contribution in [0.4, 0.5) is 5.69 Å². The van der Waals surface area contributed by atoms with Gasteiger partial charge in [-0.15, -0.1) is 0 Å². The van der Waals surface area contributed by atoms with Crippen molar-refractivity contribution in [1.82, 2.24) is 5.32 Å². The molecule has 2 aliphatic rings. The van der Waals surface area contributed by atoms with Crippen LogP contribution in [0.25, 0.3) is 6.08 Å². The molecule has 128 valence electrons. The summed E-state index contributed by atoms with van der Waals surface area (Å²) in [5, 5.41) is 14.6. The molecule has 0 spiro atoms. The SMILES string of the molecule is O=[N+]([O-])c1ccc2c(c1)C=C1CCCCC1(NCc1ccccc1)O2. The molecule has 5 heteroatoms.